The summed E-state index contributed by atoms with van der Waals surface area (Å²) in [6.07, 6.45) is 4.68. The third-order valence-electron chi connectivity index (χ3n) is 5.48. The molecule has 0 amide bonds. The first kappa shape index (κ1) is 18.6. The summed E-state index contributed by atoms with van der Waals surface area (Å²) in [5, 5.41) is 9.18. The molecule has 1 spiro atoms. The van der Waals surface area contributed by atoms with Gasteiger partial charge in [0.2, 0.25) is 10.0 Å². The zero-order valence-electron chi connectivity index (χ0n) is 14.1. The van der Waals surface area contributed by atoms with Crippen molar-refractivity contribution >= 4 is 27.6 Å². The summed E-state index contributed by atoms with van der Waals surface area (Å²) in [5.41, 5.74) is -0.248. The van der Waals surface area contributed by atoms with Crippen LogP contribution in [0.1, 0.15) is 42.5 Å². The van der Waals surface area contributed by atoms with Gasteiger partial charge in [0.25, 0.3) is 0 Å². The minimum atomic E-state index is -3.86. The third-order valence-corrected chi connectivity index (χ3v) is 7.80. The Balaban J connectivity index is 1.95. The number of carbonyl (C=O) groups is 1. The highest BCUT2D eigenvalue weighted by atomic mass is 35.5. The number of hydrogen-bond acceptors (Lipinski definition) is 4. The second-order valence-corrected chi connectivity index (χ2v) is 9.19. The van der Waals surface area contributed by atoms with E-state index in [1.807, 2.05) is 0 Å². The first-order chi connectivity index (χ1) is 11.8. The number of carboxylic acid groups (broad SMARTS) is 1. The molecule has 0 aromatic heterocycles. The van der Waals surface area contributed by atoms with Gasteiger partial charge >= 0.3 is 5.97 Å². The zero-order valence-corrected chi connectivity index (χ0v) is 15.6. The number of sulfonamides is 1. The van der Waals surface area contributed by atoms with E-state index in [0.717, 1.165) is 38.2 Å². The van der Waals surface area contributed by atoms with Gasteiger partial charge in [-0.05, 0) is 43.9 Å². The topological polar surface area (TPSA) is 83.9 Å². The molecular weight excluding hydrogens is 366 g/mol. The number of methoxy groups -OCH3 is 1. The smallest absolute Gasteiger partial charge is 0.335 e. The lowest BCUT2D eigenvalue weighted by atomic mass is 9.77. The molecule has 6 nitrogen and oxygen atoms in total. The minimum Gasteiger partial charge on any atom is -0.478 e. The first-order valence-electron chi connectivity index (χ1n) is 8.36. The highest BCUT2D eigenvalue weighted by molar-refractivity contribution is 7.89. The Morgan fingerprint density at radius 3 is 2.76 bits per heavy atom. The Morgan fingerprint density at radius 1 is 1.36 bits per heavy atom. The van der Waals surface area contributed by atoms with Crippen LogP contribution in [0, 0.1) is 5.41 Å². The van der Waals surface area contributed by atoms with E-state index in [1.165, 1.54) is 16.4 Å². The third kappa shape index (κ3) is 3.30. The van der Waals surface area contributed by atoms with Crippen LogP contribution in [0.5, 0.6) is 0 Å². The largest absolute Gasteiger partial charge is 0.478 e. The van der Waals surface area contributed by atoms with Gasteiger partial charge in [0.1, 0.15) is 4.90 Å². The highest BCUT2D eigenvalue weighted by Gasteiger charge is 2.48. The molecule has 1 aliphatic heterocycles. The molecule has 138 valence electrons. The summed E-state index contributed by atoms with van der Waals surface area (Å²) < 4.78 is 33.3. The summed E-state index contributed by atoms with van der Waals surface area (Å²) in [6.45, 7) is 0.801. The summed E-state index contributed by atoms with van der Waals surface area (Å²) in [4.78, 5) is 11.0. The molecule has 25 heavy (non-hydrogen) atoms. The van der Waals surface area contributed by atoms with Gasteiger partial charge in [-0.15, -0.1) is 0 Å². The SMILES string of the molecule is CO[C@@H]1CCC[C@@]12CCCN(S(=O)(=O)c1cc(C(=O)O)ccc1Cl)C2. The number of aromatic carboxylic acids is 1. The molecule has 1 aromatic rings. The average molecular weight is 388 g/mol. The molecule has 8 heteroatoms. The van der Waals surface area contributed by atoms with Crippen molar-refractivity contribution in [3.8, 4) is 0 Å². The lowest BCUT2D eigenvalue weighted by Crippen LogP contribution is -2.49. The van der Waals surface area contributed by atoms with Crippen LogP contribution in [-0.2, 0) is 14.8 Å². The number of ether oxygens (including phenoxy) is 1. The molecule has 1 N–H and O–H groups in total. The molecule has 2 aliphatic rings. The number of halogens is 1. The molecule has 2 fully saturated rings. The van der Waals surface area contributed by atoms with E-state index in [4.69, 9.17) is 21.4 Å². The Morgan fingerprint density at radius 2 is 2.08 bits per heavy atom. The summed E-state index contributed by atoms with van der Waals surface area (Å²) >= 11 is 6.09. The minimum absolute atomic E-state index is 0.0411. The highest BCUT2D eigenvalue weighted by Crippen LogP contribution is 2.47. The van der Waals surface area contributed by atoms with Crippen LogP contribution in [0.4, 0.5) is 0 Å². The van der Waals surface area contributed by atoms with E-state index in [-0.39, 0.29) is 27.0 Å². The van der Waals surface area contributed by atoms with E-state index >= 15 is 0 Å². The Kier molecular flexibility index (Phi) is 5.12. The number of rotatable bonds is 4. The van der Waals surface area contributed by atoms with Crippen molar-refractivity contribution in [3.05, 3.63) is 28.8 Å². The number of carboxylic acids is 1. The van der Waals surface area contributed by atoms with Crippen LogP contribution >= 0.6 is 11.6 Å². The second kappa shape index (κ2) is 6.87. The monoisotopic (exact) mass is 387 g/mol. The van der Waals surface area contributed by atoms with Crippen molar-refractivity contribution < 1.29 is 23.1 Å². The van der Waals surface area contributed by atoms with Gasteiger partial charge in [0, 0.05) is 25.6 Å². The predicted molar refractivity (Wildman–Crippen MR) is 93.5 cm³/mol. The van der Waals surface area contributed by atoms with Crippen molar-refractivity contribution in [2.24, 2.45) is 5.41 Å². The molecule has 0 radical (unpaired) electrons. The van der Waals surface area contributed by atoms with Gasteiger partial charge in [0.05, 0.1) is 16.7 Å². The van der Waals surface area contributed by atoms with Crippen molar-refractivity contribution in [3.63, 3.8) is 0 Å². The first-order valence-corrected chi connectivity index (χ1v) is 10.2. The van der Waals surface area contributed by atoms with E-state index in [0.29, 0.717) is 13.1 Å². The molecule has 0 bridgehead atoms. The van der Waals surface area contributed by atoms with Crippen LogP contribution < -0.4 is 0 Å². The number of piperidine rings is 1. The van der Waals surface area contributed by atoms with Gasteiger partial charge in [0.15, 0.2) is 0 Å². The fourth-order valence-corrected chi connectivity index (χ4v) is 6.31. The summed E-state index contributed by atoms with van der Waals surface area (Å²) in [5.74, 6) is -1.18. The van der Waals surface area contributed by atoms with Crippen molar-refractivity contribution in [1.82, 2.24) is 4.31 Å². The van der Waals surface area contributed by atoms with E-state index in [9.17, 15) is 13.2 Å². The molecule has 1 aliphatic carbocycles. The van der Waals surface area contributed by atoms with E-state index < -0.39 is 16.0 Å². The molecule has 3 rings (SSSR count). The molecule has 1 saturated carbocycles. The van der Waals surface area contributed by atoms with E-state index in [1.54, 1.807) is 7.11 Å². The average Bonchev–Trinajstić information content (AvgIpc) is 2.96. The second-order valence-electron chi connectivity index (χ2n) is 6.87. The summed E-state index contributed by atoms with van der Waals surface area (Å²) in [6, 6.07) is 3.77. The maximum absolute atomic E-state index is 13.1. The van der Waals surface area contributed by atoms with E-state index in [2.05, 4.69) is 0 Å². The van der Waals surface area contributed by atoms with Crippen LogP contribution in [-0.4, -0.2) is 50.1 Å². The standard InChI is InChI=1S/C17H22ClNO5S/c1-24-15-4-2-7-17(15)8-3-9-19(11-17)25(22,23)14-10-12(16(20)21)5-6-13(14)18/h5-6,10,15H,2-4,7-9,11H2,1H3,(H,20,21)/t15-,17+/m1/s1. The quantitative estimate of drug-likeness (QED) is 0.858. The van der Waals surface area contributed by atoms with Gasteiger partial charge in [-0.1, -0.05) is 18.0 Å². The fourth-order valence-electron chi connectivity index (χ4n) is 4.24. The normalized spacial score (nSPS) is 27.7. The van der Waals surface area contributed by atoms with Crippen LogP contribution in [0.3, 0.4) is 0 Å². The lowest BCUT2D eigenvalue weighted by Gasteiger charge is -2.43. The maximum Gasteiger partial charge on any atom is 0.335 e. The maximum atomic E-state index is 13.1. The lowest BCUT2D eigenvalue weighted by molar-refractivity contribution is -0.0184. The number of benzene rings is 1. The van der Waals surface area contributed by atoms with Crippen LogP contribution in [0.2, 0.25) is 5.02 Å². The molecule has 1 saturated heterocycles. The number of hydrogen-bond donors (Lipinski definition) is 1. The fraction of sp³-hybridized carbons (Fsp3) is 0.588. The molecule has 0 unspecified atom stereocenters. The van der Waals surface area contributed by atoms with Gasteiger partial charge in [-0.3, -0.25) is 0 Å². The predicted octanol–water partition coefficient (Wildman–Crippen LogP) is 3.01. The van der Waals surface area contributed by atoms with Crippen LogP contribution in [0.15, 0.2) is 23.1 Å². The summed E-state index contributed by atoms with van der Waals surface area (Å²) in [7, 11) is -2.18. The van der Waals surface area contributed by atoms with Crippen molar-refractivity contribution in [1.29, 1.82) is 0 Å². The van der Waals surface area contributed by atoms with Gasteiger partial charge in [-0.2, -0.15) is 4.31 Å². The number of nitrogens with zero attached hydrogens (tertiary/aromatic N) is 1. The molecule has 1 aromatic carbocycles. The van der Waals surface area contributed by atoms with Crippen molar-refractivity contribution in [2.45, 2.75) is 43.1 Å². The Labute approximate surface area is 152 Å². The molecular formula is C17H22ClNO5S. The Bertz CT molecular complexity index is 781. The van der Waals surface area contributed by atoms with Gasteiger partial charge in [-0.25, -0.2) is 13.2 Å². The molecule has 1 heterocycles. The van der Waals surface area contributed by atoms with Crippen molar-refractivity contribution in [2.75, 3.05) is 20.2 Å². The van der Waals surface area contributed by atoms with Gasteiger partial charge < -0.3 is 9.84 Å². The molecule has 2 atom stereocenters. The van der Waals surface area contributed by atoms with Crippen LogP contribution in [0.25, 0.3) is 0 Å². The zero-order chi connectivity index (χ0) is 18.2. The Hall–Kier alpha value is -1.15.